The maximum Gasteiger partial charge on any atom is 0.161 e. The van der Waals surface area contributed by atoms with E-state index in [9.17, 15) is 0 Å². The van der Waals surface area contributed by atoms with Crippen molar-refractivity contribution in [3.63, 3.8) is 0 Å². The van der Waals surface area contributed by atoms with Crippen LogP contribution < -0.4 is 15.2 Å². The van der Waals surface area contributed by atoms with Crippen LogP contribution in [0.5, 0.6) is 11.5 Å². The van der Waals surface area contributed by atoms with E-state index in [2.05, 4.69) is 29.2 Å². The molecule has 0 aromatic heterocycles. The summed E-state index contributed by atoms with van der Waals surface area (Å²) in [6.07, 6.45) is 1.95. The third kappa shape index (κ3) is 3.77. The molecule has 27 heavy (non-hydrogen) atoms. The average Bonchev–Trinajstić information content (AvgIpc) is 2.66. The summed E-state index contributed by atoms with van der Waals surface area (Å²) in [6, 6.07) is 12.8. The first-order valence-electron chi connectivity index (χ1n) is 9.10. The Balaban J connectivity index is 0.00000210. The molecule has 0 unspecified atom stereocenters. The summed E-state index contributed by atoms with van der Waals surface area (Å²) in [4.78, 5) is 2.56. The third-order valence-corrected chi connectivity index (χ3v) is 6.07. The first-order chi connectivity index (χ1) is 12.6. The molecule has 1 fully saturated rings. The second-order valence-corrected chi connectivity index (χ2v) is 7.66. The van der Waals surface area contributed by atoms with Gasteiger partial charge in [0.15, 0.2) is 11.5 Å². The maximum absolute atomic E-state index is 6.63. The number of benzene rings is 2. The van der Waals surface area contributed by atoms with Crippen LogP contribution in [0.3, 0.4) is 0 Å². The minimum Gasteiger partial charge on any atom is -0.493 e. The molecule has 4 nitrogen and oxygen atoms in total. The number of nitrogens with two attached hydrogens (primary N) is 1. The first-order valence-corrected chi connectivity index (χ1v) is 9.48. The minimum atomic E-state index is 0. The van der Waals surface area contributed by atoms with Crippen LogP contribution in [0.25, 0.3) is 0 Å². The van der Waals surface area contributed by atoms with Crippen molar-refractivity contribution in [2.75, 3.05) is 27.3 Å². The molecular weight excluding hydrogens is 383 g/mol. The molecule has 2 heterocycles. The predicted molar refractivity (Wildman–Crippen MR) is 112 cm³/mol. The Morgan fingerprint density at radius 2 is 1.85 bits per heavy atom. The number of hydrogen-bond acceptors (Lipinski definition) is 4. The number of ether oxygens (including phenoxy) is 2. The Morgan fingerprint density at radius 1 is 1.11 bits per heavy atom. The van der Waals surface area contributed by atoms with Gasteiger partial charge < -0.3 is 15.2 Å². The van der Waals surface area contributed by atoms with Gasteiger partial charge in [-0.2, -0.15) is 0 Å². The summed E-state index contributed by atoms with van der Waals surface area (Å²) >= 11 is 6.20. The molecule has 0 aliphatic carbocycles. The van der Waals surface area contributed by atoms with Gasteiger partial charge in [0.2, 0.25) is 0 Å². The monoisotopic (exact) mass is 408 g/mol. The standard InChI is InChI=1S/C21H25ClN2O2.ClH/c1-25-20-9-14-6-7-24-12-17(13-4-3-5-15(22)8-13)18(23)11-19(24)16(14)10-21(20)26-2;/h3-5,8-10,17-19H,6-7,11-12,23H2,1-2H3;1H/t17-,18+,19+;/m1./s1. The molecule has 0 radical (unpaired) electrons. The van der Waals surface area contributed by atoms with Crippen LogP contribution in [0, 0.1) is 0 Å². The van der Waals surface area contributed by atoms with Crippen LogP contribution in [0.15, 0.2) is 36.4 Å². The van der Waals surface area contributed by atoms with Gasteiger partial charge in [-0.3, -0.25) is 4.90 Å². The van der Waals surface area contributed by atoms with E-state index < -0.39 is 0 Å². The first kappa shape index (κ1) is 20.3. The number of piperidine rings is 1. The second kappa shape index (κ2) is 8.27. The molecule has 2 N–H and O–H groups in total. The average molecular weight is 409 g/mol. The lowest BCUT2D eigenvalue weighted by Gasteiger charge is -2.46. The molecule has 0 amide bonds. The highest BCUT2D eigenvalue weighted by Gasteiger charge is 2.38. The van der Waals surface area contributed by atoms with E-state index in [0.717, 1.165) is 42.5 Å². The smallest absolute Gasteiger partial charge is 0.161 e. The van der Waals surface area contributed by atoms with E-state index in [4.69, 9.17) is 26.8 Å². The molecule has 1 saturated heterocycles. The van der Waals surface area contributed by atoms with Gasteiger partial charge in [0.25, 0.3) is 0 Å². The van der Waals surface area contributed by atoms with Crippen LogP contribution in [0.1, 0.15) is 35.1 Å². The van der Waals surface area contributed by atoms with Crippen molar-refractivity contribution in [2.45, 2.75) is 30.8 Å². The van der Waals surface area contributed by atoms with E-state index in [1.54, 1.807) is 14.2 Å². The SMILES string of the molecule is COc1cc2c(cc1OC)[C@@H]1C[C@H](N)[C@@H](c3cccc(Cl)c3)CN1CC2.Cl. The molecule has 4 rings (SSSR count). The van der Waals surface area contributed by atoms with Crippen LogP contribution in [-0.4, -0.2) is 38.3 Å². The maximum atomic E-state index is 6.63. The zero-order valence-electron chi connectivity index (χ0n) is 15.7. The molecule has 146 valence electrons. The fourth-order valence-electron chi connectivity index (χ4n) is 4.47. The highest BCUT2D eigenvalue weighted by atomic mass is 35.5. The minimum absolute atomic E-state index is 0. The van der Waals surface area contributed by atoms with Gasteiger partial charge in [-0.05, 0) is 53.8 Å². The van der Waals surface area contributed by atoms with Crippen molar-refractivity contribution in [3.05, 3.63) is 58.1 Å². The van der Waals surface area contributed by atoms with Crippen molar-refractivity contribution >= 4 is 24.0 Å². The number of rotatable bonds is 3. The van der Waals surface area contributed by atoms with Crippen LogP contribution in [0.4, 0.5) is 0 Å². The number of hydrogen-bond donors (Lipinski definition) is 1. The number of fused-ring (bicyclic) bond motifs is 3. The second-order valence-electron chi connectivity index (χ2n) is 7.23. The fraction of sp³-hybridized carbons (Fsp3) is 0.429. The number of methoxy groups -OCH3 is 2. The molecular formula is C21H26Cl2N2O2. The Morgan fingerprint density at radius 3 is 2.56 bits per heavy atom. The molecule has 2 aliphatic heterocycles. The normalized spacial score (nSPS) is 24.4. The summed E-state index contributed by atoms with van der Waals surface area (Å²) in [6.45, 7) is 2.00. The Bertz CT molecular complexity index is 815. The van der Waals surface area contributed by atoms with E-state index in [1.807, 2.05) is 12.1 Å². The van der Waals surface area contributed by atoms with Gasteiger partial charge in [0, 0.05) is 36.1 Å². The predicted octanol–water partition coefficient (Wildman–Crippen LogP) is 4.19. The summed E-state index contributed by atoms with van der Waals surface area (Å²) < 4.78 is 11.0. The summed E-state index contributed by atoms with van der Waals surface area (Å²) in [5.41, 5.74) is 10.5. The van der Waals surface area contributed by atoms with Gasteiger partial charge in [-0.1, -0.05) is 23.7 Å². The van der Waals surface area contributed by atoms with Gasteiger partial charge in [-0.25, -0.2) is 0 Å². The number of halogens is 2. The highest BCUT2D eigenvalue weighted by molar-refractivity contribution is 6.30. The Labute approximate surface area is 172 Å². The van der Waals surface area contributed by atoms with E-state index >= 15 is 0 Å². The molecule has 6 heteroatoms. The lowest BCUT2D eigenvalue weighted by atomic mass is 9.78. The fourth-order valence-corrected chi connectivity index (χ4v) is 4.67. The quantitative estimate of drug-likeness (QED) is 0.826. The van der Waals surface area contributed by atoms with Crippen LogP contribution in [-0.2, 0) is 6.42 Å². The lowest BCUT2D eigenvalue weighted by molar-refractivity contribution is 0.109. The van der Waals surface area contributed by atoms with Crippen molar-refractivity contribution in [3.8, 4) is 11.5 Å². The number of nitrogens with zero attached hydrogens (tertiary/aromatic N) is 1. The molecule has 2 aromatic carbocycles. The van der Waals surface area contributed by atoms with Gasteiger partial charge in [0.05, 0.1) is 14.2 Å². The molecule has 0 bridgehead atoms. The highest BCUT2D eigenvalue weighted by Crippen LogP contribution is 2.44. The largest absolute Gasteiger partial charge is 0.493 e. The van der Waals surface area contributed by atoms with Crippen molar-refractivity contribution in [1.82, 2.24) is 4.90 Å². The molecule has 3 atom stereocenters. The van der Waals surface area contributed by atoms with Crippen LogP contribution in [0.2, 0.25) is 5.02 Å². The van der Waals surface area contributed by atoms with Gasteiger partial charge >= 0.3 is 0 Å². The Hall–Kier alpha value is -1.46. The molecule has 2 aromatic rings. The Kier molecular flexibility index (Phi) is 6.21. The molecule has 0 spiro atoms. The zero-order chi connectivity index (χ0) is 18.3. The lowest BCUT2D eigenvalue weighted by Crippen LogP contribution is -2.49. The van der Waals surface area contributed by atoms with E-state index in [-0.39, 0.29) is 18.4 Å². The van der Waals surface area contributed by atoms with Gasteiger partial charge in [0.1, 0.15) is 0 Å². The van der Waals surface area contributed by atoms with Crippen LogP contribution >= 0.6 is 24.0 Å². The third-order valence-electron chi connectivity index (χ3n) is 5.83. The van der Waals surface area contributed by atoms with Crippen molar-refractivity contribution in [1.29, 1.82) is 0 Å². The summed E-state index contributed by atoms with van der Waals surface area (Å²) in [5.74, 6) is 1.90. The topological polar surface area (TPSA) is 47.7 Å². The van der Waals surface area contributed by atoms with Crippen molar-refractivity contribution in [2.24, 2.45) is 5.73 Å². The van der Waals surface area contributed by atoms with Crippen molar-refractivity contribution < 1.29 is 9.47 Å². The summed E-state index contributed by atoms with van der Waals surface area (Å²) in [7, 11) is 3.37. The van der Waals surface area contributed by atoms with E-state index in [0.29, 0.717) is 12.0 Å². The summed E-state index contributed by atoms with van der Waals surface area (Å²) in [5, 5.41) is 0.776. The zero-order valence-corrected chi connectivity index (χ0v) is 17.2. The molecule has 2 aliphatic rings. The van der Waals surface area contributed by atoms with E-state index in [1.165, 1.54) is 16.7 Å². The van der Waals surface area contributed by atoms with Gasteiger partial charge in [-0.15, -0.1) is 12.4 Å². The molecule has 0 saturated carbocycles.